The van der Waals surface area contributed by atoms with Crippen molar-refractivity contribution in [2.75, 3.05) is 0 Å². The molecule has 1 N–H and O–H groups in total. The van der Waals surface area contributed by atoms with E-state index in [0.29, 0.717) is 0 Å². The molecule has 0 aromatic heterocycles. The molecule has 0 saturated carbocycles. The van der Waals surface area contributed by atoms with Crippen LogP contribution in [0.3, 0.4) is 0 Å². The minimum Gasteiger partial charge on any atom is -0.147 e. The molecule has 4 heteroatoms. The van der Waals surface area contributed by atoms with Gasteiger partial charge in [-0.25, -0.2) is 0 Å². The summed E-state index contributed by atoms with van der Waals surface area (Å²) in [5.74, 6) is 0. The van der Waals surface area contributed by atoms with Crippen LogP contribution in [0.15, 0.2) is 42.5 Å². The van der Waals surface area contributed by atoms with E-state index in [0.717, 1.165) is 6.42 Å². The van der Waals surface area contributed by atoms with Crippen molar-refractivity contribution in [2.45, 2.75) is 37.5 Å². The first-order valence-electron chi connectivity index (χ1n) is 6.50. The van der Waals surface area contributed by atoms with E-state index in [4.69, 9.17) is 0 Å². The third-order valence-electron chi connectivity index (χ3n) is 2.88. The molecule has 20 heavy (non-hydrogen) atoms. The van der Waals surface area contributed by atoms with Crippen molar-refractivity contribution >= 4 is 30.4 Å². The Bertz CT molecular complexity index is 476. The van der Waals surface area contributed by atoms with Gasteiger partial charge in [-0.05, 0) is 0 Å². The normalized spacial score (nSPS) is 13.2. The number of rotatable bonds is 4. The number of hydrogen-bond donors (Lipinski definition) is 1. The van der Waals surface area contributed by atoms with Crippen LogP contribution in [0.2, 0.25) is 0 Å². The van der Waals surface area contributed by atoms with Crippen LogP contribution in [0.4, 0.5) is 0 Å². The van der Waals surface area contributed by atoms with Crippen LogP contribution in [0.5, 0.6) is 0 Å². The maximum Gasteiger partial charge on any atom is -0.147 e. The Morgan fingerprint density at radius 1 is 1.15 bits per heavy atom. The van der Waals surface area contributed by atoms with Crippen LogP contribution in [0, 0.1) is 0 Å². The minimum atomic E-state index is -0.110. The van der Waals surface area contributed by atoms with Gasteiger partial charge in [0.2, 0.25) is 0 Å². The Morgan fingerprint density at radius 3 is 2.45 bits per heavy atom. The summed E-state index contributed by atoms with van der Waals surface area (Å²) in [5, 5.41) is 0. The van der Waals surface area contributed by atoms with Crippen molar-refractivity contribution in [3.63, 3.8) is 0 Å². The quantitative estimate of drug-likeness (QED) is 0.774. The fourth-order valence-corrected chi connectivity index (χ4v) is 3.78. The average Bonchev–Trinajstić information content (AvgIpc) is 2.81. The van der Waals surface area contributed by atoms with Gasteiger partial charge in [-0.3, -0.25) is 0 Å². The molecule has 0 heterocycles. The van der Waals surface area contributed by atoms with Crippen LogP contribution in [0.1, 0.15) is 38.3 Å². The zero-order valence-corrected chi connectivity index (χ0v) is 15.5. The van der Waals surface area contributed by atoms with Gasteiger partial charge >= 0.3 is 120 Å². The molecule has 0 radical (unpaired) electrons. The molecule has 0 amide bonds. The summed E-state index contributed by atoms with van der Waals surface area (Å²) >= 11 is -0.110. The van der Waals surface area contributed by atoms with Gasteiger partial charge in [0.25, 0.3) is 0 Å². The van der Waals surface area contributed by atoms with Gasteiger partial charge in [0.05, 0.1) is 0 Å². The van der Waals surface area contributed by atoms with Gasteiger partial charge in [-0.2, -0.15) is 0 Å². The molecule has 0 bridgehead atoms. The van der Waals surface area contributed by atoms with Crippen LogP contribution in [0.25, 0.3) is 5.57 Å². The van der Waals surface area contributed by atoms with Gasteiger partial charge in [-0.15, -0.1) is 24.8 Å². The predicted octanol–water partition coefficient (Wildman–Crippen LogP) is 4.76. The molecular weight excluding hydrogens is 325 g/mol. The summed E-state index contributed by atoms with van der Waals surface area (Å²) < 4.78 is 4.89. The molecular formula is C16H23Cl2NTi. The van der Waals surface area contributed by atoms with E-state index in [1.54, 1.807) is 0 Å². The third-order valence-corrected chi connectivity index (χ3v) is 5.19. The standard InChI is InChI=1S/C12H11.C4H10N.2ClH.Ti/c1-10-6-2-5-9-12(10)11-7-3-4-8-11;1-4(2,3)5;;;/h2-7,9H,1,8H2;5H,1-3H3;2*1H;/q;-1;;;+1. The number of benzene rings is 1. The summed E-state index contributed by atoms with van der Waals surface area (Å²) in [4.78, 5) is 0. The van der Waals surface area contributed by atoms with Crippen LogP contribution >= 0.6 is 24.8 Å². The van der Waals surface area contributed by atoms with E-state index in [1.807, 2.05) is 0 Å². The summed E-state index contributed by atoms with van der Waals surface area (Å²) in [6.07, 6.45) is 7.73. The van der Waals surface area contributed by atoms with Gasteiger partial charge in [0.15, 0.2) is 0 Å². The fourth-order valence-electron chi connectivity index (χ4n) is 2.04. The maximum atomic E-state index is 3.68. The molecule has 1 aliphatic rings. The zero-order valence-electron chi connectivity index (χ0n) is 12.3. The Balaban J connectivity index is 0.00000180. The molecule has 1 aliphatic carbocycles. The molecule has 0 atom stereocenters. The first kappa shape index (κ1) is 20.0. The van der Waals surface area contributed by atoms with Crippen molar-refractivity contribution in [3.05, 3.63) is 53.6 Å². The molecule has 1 aromatic carbocycles. The second-order valence-electron chi connectivity index (χ2n) is 5.71. The van der Waals surface area contributed by atoms with E-state index in [1.165, 1.54) is 21.4 Å². The Morgan fingerprint density at radius 2 is 1.85 bits per heavy atom. The Hall–Kier alpha value is -0.0457. The second kappa shape index (κ2) is 9.07. The Labute approximate surface area is 144 Å². The van der Waals surface area contributed by atoms with Gasteiger partial charge in [0.1, 0.15) is 0 Å². The molecule has 0 spiro atoms. The summed E-state index contributed by atoms with van der Waals surface area (Å²) in [6.45, 7) is 6.73. The van der Waals surface area contributed by atoms with Crippen LogP contribution in [-0.4, -0.2) is 5.54 Å². The number of hydrogen-bond acceptors (Lipinski definition) is 1. The molecule has 1 aromatic rings. The molecule has 2 rings (SSSR count). The number of halogens is 2. The molecule has 0 aliphatic heterocycles. The van der Waals surface area contributed by atoms with Crippen LogP contribution in [-0.2, 0) is 24.1 Å². The largest absolute Gasteiger partial charge is 0.147 e. The average molecular weight is 348 g/mol. The smallest absolute Gasteiger partial charge is 0.147 e. The van der Waals surface area contributed by atoms with Crippen molar-refractivity contribution in [2.24, 2.45) is 0 Å². The zero-order chi connectivity index (χ0) is 13.0. The summed E-state index contributed by atoms with van der Waals surface area (Å²) in [7, 11) is 0. The molecule has 0 saturated heterocycles. The van der Waals surface area contributed by atoms with Gasteiger partial charge in [-0.1, -0.05) is 0 Å². The Kier molecular flexibility index (Phi) is 9.05. The number of nitrogens with one attached hydrogen (secondary N) is 1. The van der Waals surface area contributed by atoms with Gasteiger partial charge in [0, 0.05) is 0 Å². The summed E-state index contributed by atoms with van der Waals surface area (Å²) in [5.41, 5.74) is 4.67. The number of allylic oxidation sites excluding steroid dienone is 4. The topological polar surface area (TPSA) is 12.0 Å². The van der Waals surface area contributed by atoms with Crippen molar-refractivity contribution in [3.8, 4) is 0 Å². The van der Waals surface area contributed by atoms with E-state index in [-0.39, 0.29) is 49.8 Å². The van der Waals surface area contributed by atoms with Crippen molar-refractivity contribution in [1.82, 2.24) is 3.80 Å². The molecule has 0 unspecified atom stereocenters. The maximum absolute atomic E-state index is 3.68. The van der Waals surface area contributed by atoms with Gasteiger partial charge < -0.3 is 0 Å². The van der Waals surface area contributed by atoms with E-state index >= 15 is 0 Å². The SMILES string of the molecule is CC(C)(C)[NH][Ti][CH2]c1ccccc1C1=CC=CC1.Cl.Cl. The second-order valence-corrected chi connectivity index (χ2v) is 7.20. The molecule has 1 nitrogen and oxygen atoms in total. The fraction of sp³-hybridized carbons (Fsp3) is 0.375. The monoisotopic (exact) mass is 347 g/mol. The minimum absolute atomic E-state index is 0. The first-order valence-corrected chi connectivity index (χ1v) is 8.39. The van der Waals surface area contributed by atoms with Crippen molar-refractivity contribution in [1.29, 1.82) is 0 Å². The van der Waals surface area contributed by atoms with E-state index in [2.05, 4.69) is 67.1 Å². The predicted molar refractivity (Wildman–Crippen MR) is 89.3 cm³/mol. The van der Waals surface area contributed by atoms with Crippen LogP contribution < -0.4 is 3.80 Å². The summed E-state index contributed by atoms with van der Waals surface area (Å²) in [6, 6.07) is 8.85. The van der Waals surface area contributed by atoms with E-state index in [9.17, 15) is 0 Å². The van der Waals surface area contributed by atoms with Crippen molar-refractivity contribution < 1.29 is 19.4 Å². The first-order chi connectivity index (χ1) is 8.56. The third kappa shape index (κ3) is 6.16. The molecule has 0 fully saturated rings. The molecule has 110 valence electrons. The van der Waals surface area contributed by atoms with E-state index < -0.39 is 0 Å².